The van der Waals surface area contributed by atoms with Crippen LogP contribution in [0.4, 0.5) is 0 Å². The molecule has 4 atom stereocenters. The third-order valence-electron chi connectivity index (χ3n) is 1.98. The van der Waals surface area contributed by atoms with E-state index in [1.165, 1.54) is 0 Å². The fourth-order valence-electron chi connectivity index (χ4n) is 1.19. The normalized spacial score (nSPS) is 45.1. The lowest BCUT2D eigenvalue weighted by molar-refractivity contribution is -0.244. The molecule has 1 aliphatic heterocycles. The monoisotopic (exact) mass is 192 g/mol. The SMILES string of the molecule is C=C(O)[C@H]1OC(O)(CO)[C@@H](O)[C@@H]1O. The number of hydrogen-bond donors (Lipinski definition) is 5. The van der Waals surface area contributed by atoms with E-state index in [-0.39, 0.29) is 0 Å². The summed E-state index contributed by atoms with van der Waals surface area (Å²) in [6.07, 6.45) is -4.46. The van der Waals surface area contributed by atoms with E-state index in [9.17, 15) is 15.3 Å². The summed E-state index contributed by atoms with van der Waals surface area (Å²) >= 11 is 0. The highest BCUT2D eigenvalue weighted by Gasteiger charge is 2.54. The summed E-state index contributed by atoms with van der Waals surface area (Å²) in [5.74, 6) is -2.76. The van der Waals surface area contributed by atoms with Gasteiger partial charge in [0.15, 0.2) is 0 Å². The van der Waals surface area contributed by atoms with Crippen LogP contribution in [0.15, 0.2) is 12.3 Å². The molecule has 0 aromatic rings. The summed E-state index contributed by atoms with van der Waals surface area (Å²) in [6.45, 7) is 2.21. The minimum Gasteiger partial charge on any atom is -0.510 e. The van der Waals surface area contributed by atoms with Crippen LogP contribution in [0.5, 0.6) is 0 Å². The lowest BCUT2D eigenvalue weighted by Gasteiger charge is -2.22. The van der Waals surface area contributed by atoms with Crippen molar-refractivity contribution in [3.63, 3.8) is 0 Å². The van der Waals surface area contributed by atoms with Crippen molar-refractivity contribution in [2.24, 2.45) is 0 Å². The second-order valence-corrected chi connectivity index (χ2v) is 2.97. The van der Waals surface area contributed by atoms with E-state index in [4.69, 9.17) is 10.2 Å². The van der Waals surface area contributed by atoms with Crippen molar-refractivity contribution in [2.75, 3.05) is 6.61 Å². The Hall–Kier alpha value is -0.660. The Morgan fingerprint density at radius 2 is 2.00 bits per heavy atom. The summed E-state index contributed by atoms with van der Waals surface area (Å²) in [5.41, 5.74) is 0. The number of aliphatic hydroxyl groups is 5. The molecule has 1 heterocycles. The number of hydrogen-bond acceptors (Lipinski definition) is 6. The zero-order valence-electron chi connectivity index (χ0n) is 6.79. The molecule has 1 fully saturated rings. The van der Waals surface area contributed by atoms with Crippen molar-refractivity contribution in [2.45, 2.75) is 24.1 Å². The Kier molecular flexibility index (Phi) is 2.60. The number of aliphatic hydroxyl groups excluding tert-OH is 4. The molecule has 5 N–H and O–H groups in total. The summed E-state index contributed by atoms with van der Waals surface area (Å²) in [7, 11) is 0. The van der Waals surface area contributed by atoms with Crippen LogP contribution in [0.3, 0.4) is 0 Å². The topological polar surface area (TPSA) is 110 Å². The molecule has 1 unspecified atom stereocenters. The molecule has 0 saturated carbocycles. The Morgan fingerprint density at radius 1 is 1.46 bits per heavy atom. The van der Waals surface area contributed by atoms with Crippen molar-refractivity contribution in [1.29, 1.82) is 0 Å². The molecule has 0 radical (unpaired) electrons. The average molecular weight is 192 g/mol. The van der Waals surface area contributed by atoms with Gasteiger partial charge in [-0.25, -0.2) is 0 Å². The average Bonchev–Trinajstić information content (AvgIpc) is 2.31. The van der Waals surface area contributed by atoms with Crippen LogP contribution in [0, 0.1) is 0 Å². The lowest BCUT2D eigenvalue weighted by Crippen LogP contribution is -2.46. The first-order valence-corrected chi connectivity index (χ1v) is 3.67. The fraction of sp³-hybridized carbons (Fsp3) is 0.714. The van der Waals surface area contributed by atoms with Gasteiger partial charge in [-0.05, 0) is 0 Å². The van der Waals surface area contributed by atoms with E-state index in [1.807, 2.05) is 0 Å². The van der Waals surface area contributed by atoms with E-state index < -0.39 is 36.5 Å². The summed E-state index contributed by atoms with van der Waals surface area (Å²) in [6, 6.07) is 0. The smallest absolute Gasteiger partial charge is 0.219 e. The van der Waals surface area contributed by atoms with Crippen molar-refractivity contribution in [3.8, 4) is 0 Å². The zero-order valence-corrected chi connectivity index (χ0v) is 6.79. The number of ether oxygens (including phenoxy) is 1. The third kappa shape index (κ3) is 1.54. The lowest BCUT2D eigenvalue weighted by atomic mass is 10.1. The van der Waals surface area contributed by atoms with Gasteiger partial charge in [-0.2, -0.15) is 0 Å². The molecule has 0 spiro atoms. The van der Waals surface area contributed by atoms with Crippen LogP contribution < -0.4 is 0 Å². The third-order valence-corrected chi connectivity index (χ3v) is 1.98. The van der Waals surface area contributed by atoms with E-state index in [0.717, 1.165) is 0 Å². The van der Waals surface area contributed by atoms with Gasteiger partial charge >= 0.3 is 0 Å². The van der Waals surface area contributed by atoms with Crippen molar-refractivity contribution >= 4 is 0 Å². The van der Waals surface area contributed by atoms with Crippen LogP contribution in [0.1, 0.15) is 0 Å². The Balaban J connectivity index is 2.84. The van der Waals surface area contributed by atoms with Crippen LogP contribution in [0.2, 0.25) is 0 Å². The van der Waals surface area contributed by atoms with Crippen LogP contribution in [-0.4, -0.2) is 56.2 Å². The fourth-order valence-corrected chi connectivity index (χ4v) is 1.19. The van der Waals surface area contributed by atoms with E-state index in [0.29, 0.717) is 0 Å². The zero-order chi connectivity index (χ0) is 10.2. The Bertz CT molecular complexity index is 217. The van der Waals surface area contributed by atoms with E-state index in [2.05, 4.69) is 11.3 Å². The maximum atomic E-state index is 9.32. The second-order valence-electron chi connectivity index (χ2n) is 2.97. The van der Waals surface area contributed by atoms with Gasteiger partial charge in [-0.15, -0.1) is 0 Å². The standard InChI is InChI=1S/C7H12O6/c1-3(9)5-4(10)6(11)7(12,2-8)13-5/h4-6,8-12H,1-2H2/t4-,5-,6+,7?/m1/s1. The van der Waals surface area contributed by atoms with Gasteiger partial charge in [0.2, 0.25) is 5.79 Å². The molecule has 76 valence electrons. The maximum absolute atomic E-state index is 9.32. The highest BCUT2D eigenvalue weighted by molar-refractivity contribution is 5.06. The molecular weight excluding hydrogens is 180 g/mol. The quantitative estimate of drug-likeness (QED) is 0.319. The van der Waals surface area contributed by atoms with Gasteiger partial charge in [0, 0.05) is 0 Å². The van der Waals surface area contributed by atoms with Gasteiger partial charge < -0.3 is 30.3 Å². The molecule has 0 bridgehead atoms. The summed E-state index contributed by atoms with van der Waals surface area (Å²) < 4.78 is 4.64. The van der Waals surface area contributed by atoms with Gasteiger partial charge in [-0.1, -0.05) is 6.58 Å². The van der Waals surface area contributed by atoms with Crippen LogP contribution in [-0.2, 0) is 4.74 Å². The van der Waals surface area contributed by atoms with E-state index in [1.54, 1.807) is 0 Å². The second kappa shape index (κ2) is 3.24. The molecule has 6 nitrogen and oxygen atoms in total. The molecule has 0 aliphatic carbocycles. The first-order chi connectivity index (χ1) is 5.92. The van der Waals surface area contributed by atoms with Crippen molar-refractivity contribution < 1.29 is 30.3 Å². The highest BCUT2D eigenvalue weighted by atomic mass is 16.7. The van der Waals surface area contributed by atoms with Gasteiger partial charge in [0.25, 0.3) is 0 Å². The van der Waals surface area contributed by atoms with Crippen molar-refractivity contribution in [3.05, 3.63) is 12.3 Å². The molecule has 1 saturated heterocycles. The minimum absolute atomic E-state index is 0.518. The Labute approximate surface area is 74.3 Å². The van der Waals surface area contributed by atoms with Crippen LogP contribution >= 0.6 is 0 Å². The van der Waals surface area contributed by atoms with Crippen molar-refractivity contribution in [1.82, 2.24) is 0 Å². The number of rotatable bonds is 2. The molecule has 0 aromatic carbocycles. The molecule has 0 aromatic heterocycles. The first kappa shape index (κ1) is 10.4. The summed E-state index contributed by atoms with van der Waals surface area (Å²) in [4.78, 5) is 0. The molecule has 0 amide bonds. The molecule has 1 rings (SSSR count). The predicted octanol–water partition coefficient (Wildman–Crippen LogP) is -2.14. The Morgan fingerprint density at radius 3 is 2.23 bits per heavy atom. The van der Waals surface area contributed by atoms with Gasteiger partial charge in [0.1, 0.15) is 24.1 Å². The molecule has 1 aliphatic rings. The molecule has 6 heteroatoms. The minimum atomic E-state index is -2.24. The van der Waals surface area contributed by atoms with E-state index >= 15 is 0 Å². The molecule has 13 heavy (non-hydrogen) atoms. The first-order valence-electron chi connectivity index (χ1n) is 3.67. The summed E-state index contributed by atoms with van der Waals surface area (Å²) in [5, 5.41) is 45.3. The predicted molar refractivity (Wildman–Crippen MR) is 40.7 cm³/mol. The van der Waals surface area contributed by atoms with Crippen LogP contribution in [0.25, 0.3) is 0 Å². The maximum Gasteiger partial charge on any atom is 0.219 e. The largest absolute Gasteiger partial charge is 0.510 e. The van der Waals surface area contributed by atoms with Gasteiger partial charge in [0.05, 0.1) is 6.61 Å². The highest BCUT2D eigenvalue weighted by Crippen LogP contribution is 2.31. The molecular formula is C7H12O6. The van der Waals surface area contributed by atoms with Gasteiger partial charge in [-0.3, -0.25) is 0 Å².